The van der Waals surface area contributed by atoms with Crippen LogP contribution in [0.4, 0.5) is 5.69 Å². The molecule has 0 spiro atoms. The summed E-state index contributed by atoms with van der Waals surface area (Å²) >= 11 is 0. The average molecular weight is 255 g/mol. The first-order chi connectivity index (χ1) is 9.06. The molecule has 0 aliphatic heterocycles. The lowest BCUT2D eigenvalue weighted by atomic mass is 10.1. The number of rotatable bonds is 3. The summed E-state index contributed by atoms with van der Waals surface area (Å²) in [7, 11) is 0. The van der Waals surface area contributed by atoms with Gasteiger partial charge in [-0.1, -0.05) is 35.9 Å². The van der Waals surface area contributed by atoms with E-state index in [2.05, 4.69) is 5.32 Å². The number of aromatic hydroxyl groups is 1. The Balaban J connectivity index is 2.08. The van der Waals surface area contributed by atoms with Crippen LogP contribution in [-0.4, -0.2) is 11.0 Å². The SMILES string of the molecule is Cc1ccc(NC(=O)Cc2ccccc2O)c(C)c1. The van der Waals surface area contributed by atoms with Gasteiger partial charge >= 0.3 is 0 Å². The Morgan fingerprint density at radius 2 is 1.89 bits per heavy atom. The molecule has 0 heterocycles. The lowest BCUT2D eigenvalue weighted by molar-refractivity contribution is -0.115. The summed E-state index contributed by atoms with van der Waals surface area (Å²) in [6, 6.07) is 12.8. The maximum atomic E-state index is 11.9. The van der Waals surface area contributed by atoms with Gasteiger partial charge in [0.05, 0.1) is 6.42 Å². The number of carbonyl (C=O) groups is 1. The van der Waals surface area contributed by atoms with Crippen molar-refractivity contribution in [2.24, 2.45) is 0 Å². The molecule has 0 saturated heterocycles. The van der Waals surface area contributed by atoms with Crippen LogP contribution in [0.2, 0.25) is 0 Å². The molecule has 2 aromatic carbocycles. The Morgan fingerprint density at radius 1 is 1.16 bits per heavy atom. The summed E-state index contributed by atoms with van der Waals surface area (Å²) in [5.74, 6) is 0.0201. The molecule has 0 aliphatic rings. The van der Waals surface area contributed by atoms with Crippen molar-refractivity contribution in [2.75, 3.05) is 5.32 Å². The van der Waals surface area contributed by atoms with E-state index >= 15 is 0 Å². The first-order valence-corrected chi connectivity index (χ1v) is 6.20. The van der Waals surface area contributed by atoms with E-state index in [9.17, 15) is 9.90 Å². The van der Waals surface area contributed by atoms with Gasteiger partial charge in [-0.15, -0.1) is 0 Å². The number of phenols is 1. The highest BCUT2D eigenvalue weighted by molar-refractivity contribution is 5.93. The van der Waals surface area contributed by atoms with E-state index in [1.807, 2.05) is 32.0 Å². The monoisotopic (exact) mass is 255 g/mol. The van der Waals surface area contributed by atoms with Crippen molar-refractivity contribution in [3.05, 3.63) is 59.2 Å². The number of phenolic OH excluding ortho intramolecular Hbond substituents is 1. The molecule has 2 N–H and O–H groups in total. The second-order valence-electron chi connectivity index (χ2n) is 4.67. The molecule has 3 nitrogen and oxygen atoms in total. The number of carbonyl (C=O) groups excluding carboxylic acids is 1. The second kappa shape index (κ2) is 5.57. The standard InChI is InChI=1S/C16H17NO2/c1-11-7-8-14(12(2)9-11)17-16(19)10-13-5-3-4-6-15(13)18/h3-9,18H,10H2,1-2H3,(H,17,19). The summed E-state index contributed by atoms with van der Waals surface area (Å²) in [5.41, 5.74) is 3.64. The predicted molar refractivity (Wildman–Crippen MR) is 76.4 cm³/mol. The van der Waals surface area contributed by atoms with Crippen LogP contribution in [0, 0.1) is 13.8 Å². The highest BCUT2D eigenvalue weighted by Crippen LogP contribution is 2.19. The smallest absolute Gasteiger partial charge is 0.228 e. The number of aryl methyl sites for hydroxylation is 2. The highest BCUT2D eigenvalue weighted by atomic mass is 16.3. The topological polar surface area (TPSA) is 49.3 Å². The minimum atomic E-state index is -0.131. The van der Waals surface area contributed by atoms with Crippen LogP contribution in [-0.2, 0) is 11.2 Å². The van der Waals surface area contributed by atoms with Gasteiger partial charge in [0.1, 0.15) is 5.75 Å². The first kappa shape index (κ1) is 13.1. The Hall–Kier alpha value is -2.29. The molecule has 19 heavy (non-hydrogen) atoms. The zero-order chi connectivity index (χ0) is 13.8. The molecule has 2 aromatic rings. The van der Waals surface area contributed by atoms with Crippen LogP contribution < -0.4 is 5.32 Å². The molecule has 0 radical (unpaired) electrons. The molecular formula is C16H17NO2. The number of nitrogens with one attached hydrogen (secondary N) is 1. The fraction of sp³-hybridized carbons (Fsp3) is 0.188. The van der Waals surface area contributed by atoms with Crippen molar-refractivity contribution in [1.29, 1.82) is 0 Å². The highest BCUT2D eigenvalue weighted by Gasteiger charge is 2.08. The number of hydrogen-bond acceptors (Lipinski definition) is 2. The quantitative estimate of drug-likeness (QED) is 0.885. The molecule has 0 aliphatic carbocycles. The molecule has 0 atom stereocenters. The first-order valence-electron chi connectivity index (χ1n) is 6.20. The van der Waals surface area contributed by atoms with Gasteiger partial charge < -0.3 is 10.4 Å². The molecule has 98 valence electrons. The molecule has 2 rings (SSSR count). The number of hydrogen-bond donors (Lipinski definition) is 2. The molecule has 1 amide bonds. The van der Waals surface area contributed by atoms with Gasteiger partial charge in [-0.2, -0.15) is 0 Å². The van der Waals surface area contributed by atoms with Crippen LogP contribution in [0.3, 0.4) is 0 Å². The van der Waals surface area contributed by atoms with Gasteiger partial charge in [0, 0.05) is 11.3 Å². The van der Waals surface area contributed by atoms with Crippen LogP contribution in [0.1, 0.15) is 16.7 Å². The molecule has 0 bridgehead atoms. The van der Waals surface area contributed by atoms with Gasteiger partial charge in [-0.25, -0.2) is 0 Å². The van der Waals surface area contributed by atoms with E-state index in [1.165, 1.54) is 0 Å². The number of benzene rings is 2. The summed E-state index contributed by atoms with van der Waals surface area (Å²) in [6.45, 7) is 3.98. The van der Waals surface area contributed by atoms with Crippen LogP contribution in [0.5, 0.6) is 5.75 Å². The third kappa shape index (κ3) is 3.35. The van der Waals surface area contributed by atoms with Crippen molar-refractivity contribution < 1.29 is 9.90 Å². The van der Waals surface area contributed by atoms with E-state index in [-0.39, 0.29) is 18.1 Å². The molecule has 0 fully saturated rings. The lowest BCUT2D eigenvalue weighted by Gasteiger charge is -2.09. The second-order valence-corrected chi connectivity index (χ2v) is 4.67. The maximum Gasteiger partial charge on any atom is 0.228 e. The van der Waals surface area contributed by atoms with Crippen molar-refractivity contribution in [3.8, 4) is 5.75 Å². The minimum absolute atomic E-state index is 0.131. The van der Waals surface area contributed by atoms with Gasteiger partial charge in [0.25, 0.3) is 0 Å². The summed E-state index contributed by atoms with van der Waals surface area (Å²) in [4.78, 5) is 11.9. The summed E-state index contributed by atoms with van der Waals surface area (Å²) in [6.07, 6.45) is 0.167. The lowest BCUT2D eigenvalue weighted by Crippen LogP contribution is -2.15. The molecular weight excluding hydrogens is 238 g/mol. The van der Waals surface area contributed by atoms with E-state index in [1.54, 1.807) is 24.3 Å². The van der Waals surface area contributed by atoms with E-state index in [0.29, 0.717) is 5.56 Å². The fourth-order valence-corrected chi connectivity index (χ4v) is 1.98. The van der Waals surface area contributed by atoms with Crippen molar-refractivity contribution in [3.63, 3.8) is 0 Å². The van der Waals surface area contributed by atoms with Crippen molar-refractivity contribution in [2.45, 2.75) is 20.3 Å². The fourth-order valence-electron chi connectivity index (χ4n) is 1.98. The Kier molecular flexibility index (Phi) is 3.85. The largest absolute Gasteiger partial charge is 0.508 e. The zero-order valence-electron chi connectivity index (χ0n) is 11.1. The van der Waals surface area contributed by atoms with Crippen molar-refractivity contribution >= 4 is 11.6 Å². The number of para-hydroxylation sites is 1. The Labute approximate surface area is 112 Å². The third-order valence-electron chi connectivity index (χ3n) is 3.00. The van der Waals surface area contributed by atoms with Gasteiger partial charge in [0.15, 0.2) is 0 Å². The molecule has 3 heteroatoms. The molecule has 0 unspecified atom stereocenters. The Morgan fingerprint density at radius 3 is 2.58 bits per heavy atom. The van der Waals surface area contributed by atoms with Gasteiger partial charge in [-0.05, 0) is 31.5 Å². The number of amides is 1. The van der Waals surface area contributed by atoms with Gasteiger partial charge in [0.2, 0.25) is 5.91 Å². The third-order valence-corrected chi connectivity index (χ3v) is 3.00. The Bertz CT molecular complexity index is 605. The summed E-state index contributed by atoms with van der Waals surface area (Å²) in [5, 5.41) is 12.5. The maximum absolute atomic E-state index is 11.9. The molecule has 0 saturated carbocycles. The average Bonchev–Trinajstić information content (AvgIpc) is 2.36. The van der Waals surface area contributed by atoms with Crippen LogP contribution >= 0.6 is 0 Å². The normalized spacial score (nSPS) is 10.2. The molecule has 0 aromatic heterocycles. The van der Waals surface area contributed by atoms with Crippen molar-refractivity contribution in [1.82, 2.24) is 0 Å². The van der Waals surface area contributed by atoms with Gasteiger partial charge in [-0.3, -0.25) is 4.79 Å². The van der Waals surface area contributed by atoms with E-state index in [0.717, 1.165) is 16.8 Å². The predicted octanol–water partition coefficient (Wildman–Crippen LogP) is 3.19. The van der Waals surface area contributed by atoms with E-state index < -0.39 is 0 Å². The van der Waals surface area contributed by atoms with Crippen LogP contribution in [0.15, 0.2) is 42.5 Å². The minimum Gasteiger partial charge on any atom is -0.508 e. The zero-order valence-corrected chi connectivity index (χ0v) is 11.1. The summed E-state index contributed by atoms with van der Waals surface area (Å²) < 4.78 is 0. The van der Waals surface area contributed by atoms with E-state index in [4.69, 9.17) is 0 Å². The number of anilines is 1. The van der Waals surface area contributed by atoms with Crippen LogP contribution in [0.25, 0.3) is 0 Å².